The first-order valence-electron chi connectivity index (χ1n) is 6.73. The minimum absolute atomic E-state index is 0.300. The Morgan fingerprint density at radius 1 is 0.600 bits per heavy atom. The highest BCUT2D eigenvalue weighted by molar-refractivity contribution is 5.65. The van der Waals surface area contributed by atoms with Crippen molar-refractivity contribution < 1.29 is 5.11 Å². The fourth-order valence-electron chi connectivity index (χ4n) is 2.35. The average molecular weight is 260 g/mol. The molecule has 1 nitrogen and oxygen atoms in total. The molecule has 0 saturated heterocycles. The Bertz CT molecular complexity index is 684. The third kappa shape index (κ3) is 2.89. The molecule has 0 fully saturated rings. The maximum atomic E-state index is 9.35. The molecular weight excluding hydrogens is 244 g/mol. The number of hydrogen-bond donors (Lipinski definition) is 1. The molecule has 3 aromatic rings. The second-order valence-corrected chi connectivity index (χ2v) is 4.91. The summed E-state index contributed by atoms with van der Waals surface area (Å²) in [4.78, 5) is 0. The topological polar surface area (TPSA) is 20.2 Å². The lowest BCUT2D eigenvalue weighted by molar-refractivity contribution is 0.475. The Morgan fingerprint density at radius 2 is 1.30 bits per heavy atom. The smallest absolute Gasteiger partial charge is 0.115 e. The molecule has 0 saturated carbocycles. The van der Waals surface area contributed by atoms with Gasteiger partial charge < -0.3 is 5.11 Å². The van der Waals surface area contributed by atoms with Crippen molar-refractivity contribution in [1.82, 2.24) is 0 Å². The minimum atomic E-state index is 0.300. The average Bonchev–Trinajstić information content (AvgIpc) is 2.49. The Hall–Kier alpha value is -2.54. The Morgan fingerprint density at radius 3 is 2.05 bits per heavy atom. The van der Waals surface area contributed by atoms with Crippen LogP contribution in [0.3, 0.4) is 0 Å². The van der Waals surface area contributed by atoms with Gasteiger partial charge in [-0.25, -0.2) is 0 Å². The van der Waals surface area contributed by atoms with Crippen LogP contribution in [0.15, 0.2) is 78.9 Å². The highest BCUT2D eigenvalue weighted by atomic mass is 16.3. The van der Waals surface area contributed by atoms with Crippen LogP contribution in [0.4, 0.5) is 0 Å². The van der Waals surface area contributed by atoms with Crippen molar-refractivity contribution in [2.24, 2.45) is 0 Å². The molecule has 0 atom stereocenters. The van der Waals surface area contributed by atoms with Crippen LogP contribution in [0.25, 0.3) is 11.1 Å². The van der Waals surface area contributed by atoms with Crippen molar-refractivity contribution >= 4 is 0 Å². The van der Waals surface area contributed by atoms with Gasteiger partial charge in [0.05, 0.1) is 0 Å². The summed E-state index contributed by atoms with van der Waals surface area (Å²) in [5, 5.41) is 9.35. The maximum Gasteiger partial charge on any atom is 0.115 e. The van der Waals surface area contributed by atoms with Crippen LogP contribution in [-0.2, 0) is 6.42 Å². The van der Waals surface area contributed by atoms with Gasteiger partial charge in [-0.2, -0.15) is 0 Å². The molecule has 0 radical (unpaired) electrons. The van der Waals surface area contributed by atoms with Gasteiger partial charge >= 0.3 is 0 Å². The van der Waals surface area contributed by atoms with E-state index in [0.717, 1.165) is 12.0 Å². The summed E-state index contributed by atoms with van der Waals surface area (Å²) >= 11 is 0. The molecule has 0 aliphatic carbocycles. The fourth-order valence-corrected chi connectivity index (χ4v) is 2.35. The SMILES string of the molecule is Oc1ccc(-c2cccc(Cc3ccccc3)c2)cc1. The highest BCUT2D eigenvalue weighted by Gasteiger charge is 2.01. The van der Waals surface area contributed by atoms with Crippen LogP contribution in [0.2, 0.25) is 0 Å². The van der Waals surface area contributed by atoms with Crippen LogP contribution in [0.5, 0.6) is 5.75 Å². The van der Waals surface area contributed by atoms with E-state index in [4.69, 9.17) is 0 Å². The van der Waals surface area contributed by atoms with Gasteiger partial charge in [0.1, 0.15) is 5.75 Å². The Kier molecular flexibility index (Phi) is 3.51. The van der Waals surface area contributed by atoms with E-state index < -0.39 is 0 Å². The molecule has 0 aromatic heterocycles. The van der Waals surface area contributed by atoms with Crippen molar-refractivity contribution in [3.63, 3.8) is 0 Å². The molecule has 0 aliphatic heterocycles. The lowest BCUT2D eigenvalue weighted by atomic mass is 9.99. The summed E-state index contributed by atoms with van der Waals surface area (Å²) < 4.78 is 0. The number of rotatable bonds is 3. The first-order valence-corrected chi connectivity index (χ1v) is 6.73. The molecular formula is C19H16O. The van der Waals surface area contributed by atoms with Gasteiger partial charge in [0.25, 0.3) is 0 Å². The summed E-state index contributed by atoms with van der Waals surface area (Å²) in [6.45, 7) is 0. The lowest BCUT2D eigenvalue weighted by Gasteiger charge is -2.06. The van der Waals surface area contributed by atoms with Gasteiger partial charge in [-0.1, -0.05) is 66.7 Å². The third-order valence-electron chi connectivity index (χ3n) is 3.38. The Balaban J connectivity index is 1.88. The lowest BCUT2D eigenvalue weighted by Crippen LogP contribution is -1.88. The van der Waals surface area contributed by atoms with Crippen molar-refractivity contribution in [3.05, 3.63) is 90.0 Å². The Labute approximate surface area is 119 Å². The molecule has 0 unspecified atom stereocenters. The predicted molar refractivity (Wildman–Crippen MR) is 82.8 cm³/mol. The van der Waals surface area contributed by atoms with Crippen LogP contribution in [0, 0.1) is 0 Å². The zero-order chi connectivity index (χ0) is 13.8. The van der Waals surface area contributed by atoms with E-state index in [-0.39, 0.29) is 0 Å². The molecule has 1 heteroatoms. The first kappa shape index (κ1) is 12.5. The highest BCUT2D eigenvalue weighted by Crippen LogP contribution is 2.23. The number of phenolic OH excluding ortho intramolecular Hbond substituents is 1. The molecule has 98 valence electrons. The van der Waals surface area contributed by atoms with Gasteiger partial charge in [0, 0.05) is 0 Å². The first-order chi connectivity index (χ1) is 9.81. The quantitative estimate of drug-likeness (QED) is 0.726. The largest absolute Gasteiger partial charge is 0.508 e. The van der Waals surface area contributed by atoms with Crippen molar-refractivity contribution in [2.75, 3.05) is 0 Å². The van der Waals surface area contributed by atoms with Gasteiger partial charge in [0.2, 0.25) is 0 Å². The standard InChI is InChI=1S/C19H16O/c20-19-11-9-17(10-12-19)18-8-4-7-16(14-18)13-15-5-2-1-3-6-15/h1-12,14,20H,13H2. The maximum absolute atomic E-state index is 9.35. The number of benzene rings is 3. The van der Waals surface area contributed by atoms with Gasteiger partial charge in [-0.15, -0.1) is 0 Å². The third-order valence-corrected chi connectivity index (χ3v) is 3.38. The van der Waals surface area contributed by atoms with E-state index >= 15 is 0 Å². The molecule has 3 aromatic carbocycles. The summed E-state index contributed by atoms with van der Waals surface area (Å²) in [5.74, 6) is 0.300. The second-order valence-electron chi connectivity index (χ2n) is 4.91. The van der Waals surface area contributed by atoms with E-state index in [0.29, 0.717) is 5.75 Å². The van der Waals surface area contributed by atoms with Gasteiger partial charge in [-0.3, -0.25) is 0 Å². The fraction of sp³-hybridized carbons (Fsp3) is 0.0526. The van der Waals surface area contributed by atoms with Crippen molar-refractivity contribution in [3.8, 4) is 16.9 Å². The number of aromatic hydroxyl groups is 1. The molecule has 0 spiro atoms. The second kappa shape index (κ2) is 5.62. The van der Waals surface area contributed by atoms with E-state index in [1.807, 2.05) is 18.2 Å². The zero-order valence-electron chi connectivity index (χ0n) is 11.2. The van der Waals surface area contributed by atoms with Crippen molar-refractivity contribution in [1.29, 1.82) is 0 Å². The summed E-state index contributed by atoms with van der Waals surface area (Å²) in [7, 11) is 0. The molecule has 3 rings (SSSR count). The molecule has 20 heavy (non-hydrogen) atoms. The number of phenols is 1. The van der Waals surface area contributed by atoms with Crippen molar-refractivity contribution in [2.45, 2.75) is 6.42 Å². The van der Waals surface area contributed by atoms with Crippen LogP contribution in [-0.4, -0.2) is 5.11 Å². The molecule has 0 heterocycles. The molecule has 0 bridgehead atoms. The number of hydrogen-bond acceptors (Lipinski definition) is 1. The van der Waals surface area contributed by atoms with Gasteiger partial charge in [-0.05, 0) is 40.8 Å². The normalized spacial score (nSPS) is 10.4. The van der Waals surface area contributed by atoms with E-state index in [1.54, 1.807) is 12.1 Å². The summed E-state index contributed by atoms with van der Waals surface area (Å²) in [5.41, 5.74) is 4.91. The molecule has 0 aliphatic rings. The van der Waals surface area contributed by atoms with Crippen LogP contribution >= 0.6 is 0 Å². The van der Waals surface area contributed by atoms with E-state index in [2.05, 4.69) is 48.5 Å². The predicted octanol–water partition coefficient (Wildman–Crippen LogP) is 4.65. The monoisotopic (exact) mass is 260 g/mol. The molecule has 0 amide bonds. The summed E-state index contributed by atoms with van der Waals surface area (Å²) in [6, 6.07) is 26.3. The minimum Gasteiger partial charge on any atom is -0.508 e. The zero-order valence-corrected chi connectivity index (χ0v) is 11.2. The van der Waals surface area contributed by atoms with Gasteiger partial charge in [0.15, 0.2) is 0 Å². The van der Waals surface area contributed by atoms with Crippen LogP contribution < -0.4 is 0 Å². The summed E-state index contributed by atoms with van der Waals surface area (Å²) in [6.07, 6.45) is 0.937. The molecule has 1 N–H and O–H groups in total. The van der Waals surface area contributed by atoms with E-state index in [1.165, 1.54) is 16.7 Å². The van der Waals surface area contributed by atoms with E-state index in [9.17, 15) is 5.11 Å². The van der Waals surface area contributed by atoms with Crippen LogP contribution in [0.1, 0.15) is 11.1 Å².